The number of aromatic nitrogens is 1. The summed E-state index contributed by atoms with van der Waals surface area (Å²) in [4.78, 5) is 0.357. The van der Waals surface area contributed by atoms with Crippen molar-refractivity contribution in [2.75, 3.05) is 13.1 Å². The molecular formula is C22H23ClN2O2S. The van der Waals surface area contributed by atoms with Crippen molar-refractivity contribution in [1.82, 2.24) is 8.87 Å². The number of aryl methyl sites for hydroxylation is 1. The molecule has 0 bridgehead atoms. The Hall–Kier alpha value is -2.08. The first-order chi connectivity index (χ1) is 13.5. The van der Waals surface area contributed by atoms with Crippen LogP contribution >= 0.6 is 11.6 Å². The average molecular weight is 415 g/mol. The molecule has 1 fully saturated rings. The van der Waals surface area contributed by atoms with Crippen LogP contribution in [0, 0.1) is 6.92 Å². The van der Waals surface area contributed by atoms with Gasteiger partial charge in [-0.2, -0.15) is 4.31 Å². The van der Waals surface area contributed by atoms with E-state index in [2.05, 4.69) is 16.7 Å². The minimum atomic E-state index is -3.42. The molecule has 0 unspecified atom stereocenters. The number of halogens is 1. The molecule has 1 saturated heterocycles. The standard InChI is InChI=1S/C22H23ClN2O2S/c1-17-5-14-22(18-6-8-19(23)9-7-18)25(17)20-10-12-21(13-11-20)28(26,27)24-15-3-2-4-16-24/h5-14H,2-4,15-16H2,1H3. The van der Waals surface area contributed by atoms with Crippen LogP contribution in [0.5, 0.6) is 0 Å². The molecule has 0 radical (unpaired) electrons. The predicted octanol–water partition coefficient (Wildman–Crippen LogP) is 5.28. The van der Waals surface area contributed by atoms with Crippen molar-refractivity contribution in [3.05, 3.63) is 71.4 Å². The largest absolute Gasteiger partial charge is 0.314 e. The quantitative estimate of drug-likeness (QED) is 0.582. The lowest BCUT2D eigenvalue weighted by molar-refractivity contribution is 0.346. The summed E-state index contributed by atoms with van der Waals surface area (Å²) in [5.74, 6) is 0. The van der Waals surface area contributed by atoms with Crippen LogP contribution in [0.25, 0.3) is 16.9 Å². The summed E-state index contributed by atoms with van der Waals surface area (Å²) in [6, 6.07) is 19.0. The van der Waals surface area contributed by atoms with Crippen LogP contribution in [0.15, 0.2) is 65.6 Å². The molecule has 4 rings (SSSR count). The van der Waals surface area contributed by atoms with Crippen LogP contribution in [-0.4, -0.2) is 30.4 Å². The molecule has 28 heavy (non-hydrogen) atoms. The van der Waals surface area contributed by atoms with Gasteiger partial charge in [0.25, 0.3) is 0 Å². The second-order valence-electron chi connectivity index (χ2n) is 7.16. The van der Waals surface area contributed by atoms with E-state index < -0.39 is 10.0 Å². The van der Waals surface area contributed by atoms with E-state index in [0.717, 1.165) is 41.9 Å². The lowest BCUT2D eigenvalue weighted by Gasteiger charge is -2.26. The number of hydrogen-bond acceptors (Lipinski definition) is 2. The van der Waals surface area contributed by atoms with Crippen molar-refractivity contribution in [2.45, 2.75) is 31.1 Å². The fraction of sp³-hybridized carbons (Fsp3) is 0.273. The van der Waals surface area contributed by atoms with Crippen molar-refractivity contribution in [1.29, 1.82) is 0 Å². The summed E-state index contributed by atoms with van der Waals surface area (Å²) in [6.07, 6.45) is 2.97. The maximum absolute atomic E-state index is 12.9. The van der Waals surface area contributed by atoms with E-state index in [1.165, 1.54) is 0 Å². The Balaban J connectivity index is 1.68. The highest BCUT2D eigenvalue weighted by atomic mass is 35.5. The molecule has 0 saturated carbocycles. The highest BCUT2D eigenvalue weighted by Gasteiger charge is 2.25. The highest BCUT2D eigenvalue weighted by molar-refractivity contribution is 7.89. The molecule has 0 aliphatic carbocycles. The van der Waals surface area contributed by atoms with Gasteiger partial charge in [-0.05, 0) is 73.9 Å². The van der Waals surface area contributed by atoms with Crippen molar-refractivity contribution >= 4 is 21.6 Å². The second-order valence-corrected chi connectivity index (χ2v) is 9.54. The van der Waals surface area contributed by atoms with Crippen LogP contribution < -0.4 is 0 Å². The van der Waals surface area contributed by atoms with E-state index in [1.807, 2.05) is 43.3 Å². The Morgan fingerprint density at radius 2 is 1.46 bits per heavy atom. The molecule has 2 aromatic carbocycles. The SMILES string of the molecule is Cc1ccc(-c2ccc(Cl)cc2)n1-c1ccc(S(=O)(=O)N2CCCCC2)cc1. The summed E-state index contributed by atoms with van der Waals surface area (Å²) in [7, 11) is -3.42. The molecule has 3 aromatic rings. The van der Waals surface area contributed by atoms with Gasteiger partial charge in [0, 0.05) is 29.5 Å². The first-order valence-electron chi connectivity index (χ1n) is 9.52. The maximum Gasteiger partial charge on any atom is 0.243 e. The van der Waals surface area contributed by atoms with E-state index >= 15 is 0 Å². The summed E-state index contributed by atoms with van der Waals surface area (Å²) in [6.45, 7) is 3.26. The van der Waals surface area contributed by atoms with Crippen molar-refractivity contribution in [3.8, 4) is 16.9 Å². The molecule has 1 aliphatic rings. The van der Waals surface area contributed by atoms with Crippen molar-refractivity contribution in [2.24, 2.45) is 0 Å². The van der Waals surface area contributed by atoms with Crippen LogP contribution in [0.1, 0.15) is 25.0 Å². The number of piperidine rings is 1. The van der Waals surface area contributed by atoms with Gasteiger partial charge in [-0.3, -0.25) is 0 Å². The lowest BCUT2D eigenvalue weighted by atomic mass is 10.1. The zero-order valence-corrected chi connectivity index (χ0v) is 17.4. The smallest absolute Gasteiger partial charge is 0.243 e. The molecule has 0 atom stereocenters. The van der Waals surface area contributed by atoms with E-state index in [1.54, 1.807) is 16.4 Å². The second kappa shape index (κ2) is 7.74. The molecule has 2 heterocycles. The van der Waals surface area contributed by atoms with Crippen LogP contribution in [-0.2, 0) is 10.0 Å². The summed E-state index contributed by atoms with van der Waals surface area (Å²) in [5.41, 5.74) is 4.12. The molecule has 6 heteroatoms. The zero-order valence-electron chi connectivity index (χ0n) is 15.8. The highest BCUT2D eigenvalue weighted by Crippen LogP contribution is 2.29. The Kier molecular flexibility index (Phi) is 5.32. The average Bonchev–Trinajstić information content (AvgIpc) is 3.11. The molecule has 0 spiro atoms. The van der Waals surface area contributed by atoms with Gasteiger partial charge in [-0.25, -0.2) is 8.42 Å². The number of sulfonamides is 1. The van der Waals surface area contributed by atoms with Gasteiger partial charge in [-0.1, -0.05) is 30.2 Å². The third-order valence-corrected chi connectivity index (χ3v) is 7.43. The van der Waals surface area contributed by atoms with Crippen LogP contribution in [0.3, 0.4) is 0 Å². The van der Waals surface area contributed by atoms with E-state index in [0.29, 0.717) is 23.0 Å². The Bertz CT molecular complexity index is 1060. The topological polar surface area (TPSA) is 42.3 Å². The summed E-state index contributed by atoms with van der Waals surface area (Å²) in [5, 5.41) is 0.700. The maximum atomic E-state index is 12.9. The van der Waals surface area contributed by atoms with E-state index in [-0.39, 0.29) is 0 Å². The number of nitrogens with zero attached hydrogens (tertiary/aromatic N) is 2. The molecular weight excluding hydrogens is 392 g/mol. The van der Waals surface area contributed by atoms with Gasteiger partial charge in [0.05, 0.1) is 10.6 Å². The predicted molar refractivity (Wildman–Crippen MR) is 114 cm³/mol. The number of hydrogen-bond donors (Lipinski definition) is 0. The molecule has 4 nitrogen and oxygen atoms in total. The fourth-order valence-electron chi connectivity index (χ4n) is 3.75. The van der Waals surface area contributed by atoms with E-state index in [9.17, 15) is 8.42 Å². The monoisotopic (exact) mass is 414 g/mol. The van der Waals surface area contributed by atoms with Crippen molar-refractivity contribution < 1.29 is 8.42 Å². The number of rotatable bonds is 4. The van der Waals surface area contributed by atoms with Gasteiger partial charge in [0.15, 0.2) is 0 Å². The molecule has 0 N–H and O–H groups in total. The van der Waals surface area contributed by atoms with Gasteiger partial charge in [0.2, 0.25) is 10.0 Å². The fourth-order valence-corrected chi connectivity index (χ4v) is 5.39. The van der Waals surface area contributed by atoms with Crippen LogP contribution in [0.4, 0.5) is 0 Å². The Labute approximate surface area is 171 Å². The first kappa shape index (κ1) is 19.2. The summed E-state index contributed by atoms with van der Waals surface area (Å²) < 4.78 is 29.5. The third kappa shape index (κ3) is 3.62. The third-order valence-electron chi connectivity index (χ3n) is 5.26. The normalized spacial score (nSPS) is 15.6. The minimum Gasteiger partial charge on any atom is -0.314 e. The molecule has 146 valence electrons. The summed E-state index contributed by atoms with van der Waals surface area (Å²) >= 11 is 6.02. The van der Waals surface area contributed by atoms with Gasteiger partial charge in [0.1, 0.15) is 0 Å². The molecule has 0 amide bonds. The Morgan fingerprint density at radius 1 is 0.821 bits per heavy atom. The minimum absolute atomic E-state index is 0.357. The van der Waals surface area contributed by atoms with Gasteiger partial charge >= 0.3 is 0 Å². The van der Waals surface area contributed by atoms with Gasteiger partial charge < -0.3 is 4.57 Å². The Morgan fingerprint density at radius 3 is 2.11 bits per heavy atom. The molecule has 1 aliphatic heterocycles. The first-order valence-corrected chi connectivity index (χ1v) is 11.3. The van der Waals surface area contributed by atoms with Crippen LogP contribution in [0.2, 0.25) is 5.02 Å². The number of benzene rings is 2. The van der Waals surface area contributed by atoms with Crippen molar-refractivity contribution in [3.63, 3.8) is 0 Å². The molecule has 1 aromatic heterocycles. The zero-order chi connectivity index (χ0) is 19.7. The lowest BCUT2D eigenvalue weighted by Crippen LogP contribution is -2.35. The van der Waals surface area contributed by atoms with Gasteiger partial charge in [-0.15, -0.1) is 0 Å². The van der Waals surface area contributed by atoms with E-state index in [4.69, 9.17) is 11.6 Å².